The van der Waals surface area contributed by atoms with Crippen LogP contribution in [0.4, 0.5) is 0 Å². The largest absolute Gasteiger partial charge is 0.464 e. The fourth-order valence-corrected chi connectivity index (χ4v) is 2.59. The normalized spacial score (nSPS) is 12.5. The van der Waals surface area contributed by atoms with Crippen molar-refractivity contribution in [2.24, 2.45) is 11.1 Å². The maximum Gasteiger partial charge on any atom is 0.355 e. The number of rotatable bonds is 10. The monoisotopic (exact) mass is 389 g/mol. The number of hydrogen-bond acceptors (Lipinski definition) is 5. The molecule has 6 heteroatoms. The molecule has 0 aliphatic rings. The highest BCUT2D eigenvalue weighted by atomic mass is 35.5. The summed E-state index contributed by atoms with van der Waals surface area (Å²) in [6.07, 6.45) is 0.749. The minimum Gasteiger partial charge on any atom is -0.464 e. The van der Waals surface area contributed by atoms with Gasteiger partial charge >= 0.3 is 5.97 Å². The minimum atomic E-state index is -0.510. The molecule has 1 atom stereocenters. The Morgan fingerprint density at radius 1 is 1.04 bits per heavy atom. The lowest BCUT2D eigenvalue weighted by Crippen LogP contribution is -2.19. The van der Waals surface area contributed by atoms with E-state index in [0.717, 1.165) is 17.5 Å². The standard InChI is InChI=1S/C21H24ClNO4/c1-16(21(24)25-2)23-27-15-19(12-17-8-10-20(22)11-9-17)14-26-13-18-6-4-3-5-7-18/h3-11,19H,12-15H2,1-2H3/b23-16+. The Balaban J connectivity index is 1.92. The van der Waals surface area contributed by atoms with Gasteiger partial charge < -0.3 is 14.3 Å². The van der Waals surface area contributed by atoms with Crippen LogP contribution in [-0.4, -0.2) is 32.0 Å². The zero-order valence-corrected chi connectivity index (χ0v) is 16.3. The molecule has 27 heavy (non-hydrogen) atoms. The van der Waals surface area contributed by atoms with Crippen LogP contribution in [0.25, 0.3) is 0 Å². The van der Waals surface area contributed by atoms with E-state index in [4.69, 9.17) is 21.2 Å². The van der Waals surface area contributed by atoms with Crippen LogP contribution in [0.3, 0.4) is 0 Å². The lowest BCUT2D eigenvalue weighted by molar-refractivity contribution is -0.133. The van der Waals surface area contributed by atoms with Gasteiger partial charge in [-0.3, -0.25) is 0 Å². The fraction of sp³-hybridized carbons (Fsp3) is 0.333. The van der Waals surface area contributed by atoms with E-state index < -0.39 is 5.97 Å². The van der Waals surface area contributed by atoms with Crippen LogP contribution in [0.5, 0.6) is 0 Å². The second kappa shape index (κ2) is 11.4. The predicted octanol–water partition coefficient (Wildman–Crippen LogP) is 4.28. The molecule has 0 amide bonds. The second-order valence-corrected chi connectivity index (χ2v) is 6.60. The van der Waals surface area contributed by atoms with E-state index >= 15 is 0 Å². The Bertz CT molecular complexity index is 732. The summed E-state index contributed by atoms with van der Waals surface area (Å²) in [5.74, 6) is -0.436. The third-order valence-corrected chi connectivity index (χ3v) is 4.15. The first kappa shape index (κ1) is 20.9. The number of hydrogen-bond donors (Lipinski definition) is 0. The van der Waals surface area contributed by atoms with Gasteiger partial charge in [-0.05, 0) is 36.6 Å². The van der Waals surface area contributed by atoms with Gasteiger partial charge in [0.25, 0.3) is 0 Å². The molecule has 2 aromatic rings. The number of benzene rings is 2. The molecule has 0 aromatic heterocycles. The molecule has 0 aliphatic carbocycles. The van der Waals surface area contributed by atoms with Crippen molar-refractivity contribution >= 4 is 23.3 Å². The highest BCUT2D eigenvalue weighted by Crippen LogP contribution is 2.15. The van der Waals surface area contributed by atoms with Crippen molar-refractivity contribution in [1.82, 2.24) is 0 Å². The molecule has 144 valence electrons. The Morgan fingerprint density at radius 3 is 2.41 bits per heavy atom. The molecular weight excluding hydrogens is 366 g/mol. The van der Waals surface area contributed by atoms with Gasteiger partial charge in [0.1, 0.15) is 6.61 Å². The van der Waals surface area contributed by atoms with Crippen molar-refractivity contribution in [2.75, 3.05) is 20.3 Å². The zero-order valence-electron chi connectivity index (χ0n) is 15.6. The van der Waals surface area contributed by atoms with Crippen LogP contribution in [-0.2, 0) is 32.1 Å². The summed E-state index contributed by atoms with van der Waals surface area (Å²) in [6, 6.07) is 17.7. The number of carbonyl (C=O) groups excluding carboxylic acids is 1. The minimum absolute atomic E-state index is 0.0732. The molecule has 0 N–H and O–H groups in total. The predicted molar refractivity (Wildman–Crippen MR) is 106 cm³/mol. The summed E-state index contributed by atoms with van der Waals surface area (Å²) >= 11 is 5.95. The maximum absolute atomic E-state index is 11.4. The SMILES string of the molecule is COC(=O)/C(C)=N/OCC(COCc1ccccc1)Cc1ccc(Cl)cc1. The van der Waals surface area contributed by atoms with Crippen molar-refractivity contribution in [3.05, 3.63) is 70.7 Å². The summed E-state index contributed by atoms with van der Waals surface area (Å²) in [5, 5.41) is 4.52. The Morgan fingerprint density at radius 2 is 1.74 bits per heavy atom. The van der Waals surface area contributed by atoms with E-state index in [0.29, 0.717) is 24.8 Å². The van der Waals surface area contributed by atoms with Crippen molar-refractivity contribution in [2.45, 2.75) is 20.0 Å². The van der Waals surface area contributed by atoms with Gasteiger partial charge in [-0.2, -0.15) is 0 Å². The second-order valence-electron chi connectivity index (χ2n) is 6.16. The lowest BCUT2D eigenvalue weighted by Gasteiger charge is -2.16. The molecule has 0 saturated heterocycles. The molecule has 0 bridgehead atoms. The Labute approximate surface area is 164 Å². The van der Waals surface area contributed by atoms with E-state index in [1.807, 2.05) is 54.6 Å². The van der Waals surface area contributed by atoms with Crippen molar-refractivity contribution in [3.63, 3.8) is 0 Å². The Kier molecular flexibility index (Phi) is 8.81. The van der Waals surface area contributed by atoms with Crippen LogP contribution < -0.4 is 0 Å². The number of carbonyl (C=O) groups is 1. The lowest BCUT2D eigenvalue weighted by atomic mass is 10.0. The topological polar surface area (TPSA) is 57.1 Å². The van der Waals surface area contributed by atoms with Crippen molar-refractivity contribution < 1.29 is 19.1 Å². The molecule has 0 heterocycles. The average molecular weight is 390 g/mol. The van der Waals surface area contributed by atoms with Crippen LogP contribution in [0, 0.1) is 5.92 Å². The molecule has 0 aliphatic heterocycles. The average Bonchev–Trinajstić information content (AvgIpc) is 2.69. The molecular formula is C21H24ClNO4. The van der Waals surface area contributed by atoms with Gasteiger partial charge in [0, 0.05) is 10.9 Å². The molecule has 0 saturated carbocycles. The quantitative estimate of drug-likeness (QED) is 0.345. The molecule has 1 unspecified atom stereocenters. The highest BCUT2D eigenvalue weighted by Gasteiger charge is 2.13. The molecule has 2 aromatic carbocycles. The van der Waals surface area contributed by atoms with E-state index in [1.54, 1.807) is 6.92 Å². The van der Waals surface area contributed by atoms with Gasteiger partial charge in [-0.15, -0.1) is 0 Å². The number of oxime groups is 1. The van der Waals surface area contributed by atoms with E-state index in [-0.39, 0.29) is 11.6 Å². The van der Waals surface area contributed by atoms with Crippen molar-refractivity contribution in [1.29, 1.82) is 0 Å². The molecule has 0 spiro atoms. The van der Waals surface area contributed by atoms with Gasteiger partial charge in [0.15, 0.2) is 5.71 Å². The van der Waals surface area contributed by atoms with Crippen LogP contribution in [0.2, 0.25) is 5.02 Å². The third kappa shape index (κ3) is 7.81. The highest BCUT2D eigenvalue weighted by molar-refractivity contribution is 6.35. The smallest absolute Gasteiger partial charge is 0.355 e. The number of halogens is 1. The molecule has 0 radical (unpaired) electrons. The summed E-state index contributed by atoms with van der Waals surface area (Å²) in [4.78, 5) is 16.7. The van der Waals surface area contributed by atoms with E-state index in [9.17, 15) is 4.79 Å². The fourth-order valence-electron chi connectivity index (χ4n) is 2.46. The van der Waals surface area contributed by atoms with Crippen LogP contribution in [0.15, 0.2) is 59.8 Å². The third-order valence-electron chi connectivity index (χ3n) is 3.90. The zero-order chi connectivity index (χ0) is 19.5. The summed E-state index contributed by atoms with van der Waals surface area (Å²) in [5.41, 5.74) is 2.42. The first-order valence-corrected chi connectivity index (χ1v) is 9.07. The van der Waals surface area contributed by atoms with Gasteiger partial charge in [-0.1, -0.05) is 59.2 Å². The van der Waals surface area contributed by atoms with Crippen molar-refractivity contribution in [3.8, 4) is 0 Å². The summed E-state index contributed by atoms with van der Waals surface area (Å²) < 4.78 is 10.5. The molecule has 2 rings (SSSR count). The van der Waals surface area contributed by atoms with Crippen LogP contribution >= 0.6 is 11.6 Å². The van der Waals surface area contributed by atoms with Gasteiger partial charge in [0.05, 0.1) is 20.3 Å². The number of nitrogens with zero attached hydrogens (tertiary/aromatic N) is 1. The number of ether oxygens (including phenoxy) is 2. The van der Waals surface area contributed by atoms with E-state index in [1.165, 1.54) is 7.11 Å². The van der Waals surface area contributed by atoms with E-state index in [2.05, 4.69) is 9.89 Å². The first-order valence-electron chi connectivity index (χ1n) is 8.69. The summed E-state index contributed by atoms with van der Waals surface area (Å²) in [7, 11) is 1.31. The molecule has 0 fully saturated rings. The van der Waals surface area contributed by atoms with Gasteiger partial charge in [0.2, 0.25) is 0 Å². The first-order chi connectivity index (χ1) is 13.1. The maximum atomic E-state index is 11.4. The summed E-state index contributed by atoms with van der Waals surface area (Å²) in [6.45, 7) is 2.91. The molecule has 5 nitrogen and oxygen atoms in total. The number of esters is 1. The number of methoxy groups -OCH3 is 1. The Hall–Kier alpha value is -2.37. The van der Waals surface area contributed by atoms with Crippen LogP contribution in [0.1, 0.15) is 18.1 Å². The van der Waals surface area contributed by atoms with Gasteiger partial charge in [-0.25, -0.2) is 4.79 Å².